The van der Waals surface area contributed by atoms with E-state index in [0.717, 1.165) is 15.2 Å². The van der Waals surface area contributed by atoms with Crippen molar-refractivity contribution in [3.05, 3.63) is 94.6 Å². The highest BCUT2D eigenvalue weighted by Crippen LogP contribution is 2.51. The minimum atomic E-state index is -3.88. The Labute approximate surface area is 208 Å². The minimum Gasteiger partial charge on any atom is -0.496 e. The summed E-state index contributed by atoms with van der Waals surface area (Å²) in [5, 5.41) is 11.4. The van der Waals surface area contributed by atoms with Crippen LogP contribution in [0, 0.1) is 6.92 Å². The molecular weight excluding hydrogens is 480 g/mol. The second kappa shape index (κ2) is 8.06. The van der Waals surface area contributed by atoms with Crippen LogP contribution in [-0.2, 0) is 21.9 Å². The van der Waals surface area contributed by atoms with Gasteiger partial charge in [0.2, 0.25) is 0 Å². The van der Waals surface area contributed by atoms with Gasteiger partial charge >= 0.3 is 0 Å². The van der Waals surface area contributed by atoms with Crippen molar-refractivity contribution in [2.75, 3.05) is 13.7 Å². The summed E-state index contributed by atoms with van der Waals surface area (Å²) < 4.78 is 38.7. The van der Waals surface area contributed by atoms with Crippen molar-refractivity contribution in [2.45, 2.75) is 36.0 Å². The largest absolute Gasteiger partial charge is 0.496 e. The lowest BCUT2D eigenvalue weighted by Crippen LogP contribution is -2.46. The van der Waals surface area contributed by atoms with E-state index in [-0.39, 0.29) is 16.7 Å². The second-order valence-corrected chi connectivity index (χ2v) is 11.0. The van der Waals surface area contributed by atoms with E-state index >= 15 is 0 Å². The zero-order valence-electron chi connectivity index (χ0n) is 19.8. The van der Waals surface area contributed by atoms with E-state index in [4.69, 9.17) is 9.26 Å². The molecule has 2 atom stereocenters. The van der Waals surface area contributed by atoms with E-state index in [1.54, 1.807) is 31.3 Å². The number of amides is 1. The van der Waals surface area contributed by atoms with E-state index in [1.807, 2.05) is 36.4 Å². The molecule has 184 valence electrons. The molecule has 6 rings (SSSR count). The normalized spacial score (nSPS) is 21.3. The quantitative estimate of drug-likeness (QED) is 0.444. The molecule has 1 aliphatic carbocycles. The number of benzene rings is 2. The van der Waals surface area contributed by atoms with Crippen LogP contribution >= 0.6 is 0 Å². The van der Waals surface area contributed by atoms with Gasteiger partial charge in [0.25, 0.3) is 15.9 Å². The van der Waals surface area contributed by atoms with Crippen molar-refractivity contribution >= 4 is 15.9 Å². The first-order valence-corrected chi connectivity index (χ1v) is 13.0. The molecule has 2 aromatic heterocycles. The molecule has 2 aromatic carbocycles. The smallest absolute Gasteiger partial charge is 0.288 e. The fourth-order valence-electron chi connectivity index (χ4n) is 5.63. The Hall–Kier alpha value is -3.92. The van der Waals surface area contributed by atoms with Crippen LogP contribution < -0.4 is 10.1 Å². The fourth-order valence-corrected chi connectivity index (χ4v) is 7.32. The van der Waals surface area contributed by atoms with Crippen LogP contribution in [0.25, 0.3) is 0 Å². The van der Waals surface area contributed by atoms with Gasteiger partial charge in [0, 0.05) is 12.0 Å². The second-order valence-electron chi connectivity index (χ2n) is 9.33. The molecule has 1 N–H and O–H groups in total. The Morgan fingerprint density at radius 1 is 1.19 bits per heavy atom. The Morgan fingerprint density at radius 3 is 2.72 bits per heavy atom. The van der Waals surface area contributed by atoms with E-state index in [9.17, 15) is 13.2 Å². The van der Waals surface area contributed by atoms with Crippen LogP contribution in [0.1, 0.15) is 51.0 Å². The maximum atomic E-state index is 13.3. The van der Waals surface area contributed by atoms with Crippen molar-refractivity contribution in [3.8, 4) is 5.75 Å². The third-order valence-corrected chi connectivity index (χ3v) is 9.03. The van der Waals surface area contributed by atoms with Crippen molar-refractivity contribution in [2.24, 2.45) is 0 Å². The van der Waals surface area contributed by atoms with E-state index in [2.05, 4.69) is 15.6 Å². The van der Waals surface area contributed by atoms with Gasteiger partial charge in [-0.05, 0) is 43.0 Å². The lowest BCUT2D eigenvalue weighted by Gasteiger charge is -2.42. The Kier molecular flexibility index (Phi) is 5.04. The SMILES string of the molecule is COc1ccccc1C(=O)NCC1(c2ccccc2)Cc2cnn3c2C(C1)c1onc(C)c1S3(=O)=O. The number of hydrogen-bond donors (Lipinski definition) is 1. The van der Waals surface area contributed by atoms with Gasteiger partial charge in [-0.1, -0.05) is 47.6 Å². The standard InChI is InChI=1S/C26H24N4O5S/c1-16-24-23(35-29-16)20-13-26(18-8-4-3-5-9-18,12-17-14-28-30(22(17)20)36(24,32)33)15-27-25(31)19-10-6-7-11-21(19)34-2/h3-11,14,20H,12-13,15H2,1-2H3,(H,27,31). The summed E-state index contributed by atoms with van der Waals surface area (Å²) in [5.41, 5.74) is 2.68. The summed E-state index contributed by atoms with van der Waals surface area (Å²) in [6.45, 7) is 1.94. The number of nitrogens with zero attached hydrogens (tertiary/aromatic N) is 3. The third kappa shape index (κ3) is 3.21. The van der Waals surface area contributed by atoms with Gasteiger partial charge in [-0.25, -0.2) is 0 Å². The van der Waals surface area contributed by atoms with Crippen LogP contribution in [0.2, 0.25) is 0 Å². The van der Waals surface area contributed by atoms with Crippen molar-refractivity contribution in [1.82, 2.24) is 19.7 Å². The molecule has 1 aliphatic heterocycles. The highest BCUT2D eigenvalue weighted by atomic mass is 32.2. The monoisotopic (exact) mass is 504 g/mol. The first-order valence-electron chi connectivity index (χ1n) is 11.6. The Balaban J connectivity index is 1.44. The summed E-state index contributed by atoms with van der Waals surface area (Å²) in [6.07, 6.45) is 2.64. The summed E-state index contributed by atoms with van der Waals surface area (Å²) in [6, 6.07) is 17.0. The number of ether oxygens (including phenoxy) is 1. The zero-order chi connectivity index (χ0) is 25.1. The first kappa shape index (κ1) is 22.5. The molecule has 0 saturated heterocycles. The molecule has 2 unspecified atom stereocenters. The number of aromatic nitrogens is 3. The van der Waals surface area contributed by atoms with Crippen molar-refractivity contribution in [1.29, 1.82) is 0 Å². The van der Waals surface area contributed by atoms with Crippen LogP contribution in [0.3, 0.4) is 0 Å². The van der Waals surface area contributed by atoms with Crippen LogP contribution in [0.5, 0.6) is 5.75 Å². The van der Waals surface area contributed by atoms with Crippen LogP contribution in [0.15, 0.2) is 70.2 Å². The predicted molar refractivity (Wildman–Crippen MR) is 130 cm³/mol. The predicted octanol–water partition coefficient (Wildman–Crippen LogP) is 3.18. The maximum Gasteiger partial charge on any atom is 0.288 e. The summed E-state index contributed by atoms with van der Waals surface area (Å²) in [5.74, 6) is 0.207. The highest BCUT2D eigenvalue weighted by Gasteiger charge is 2.51. The molecule has 10 heteroatoms. The third-order valence-electron chi connectivity index (χ3n) is 7.27. The molecule has 0 radical (unpaired) electrons. The van der Waals surface area contributed by atoms with Crippen LogP contribution in [0.4, 0.5) is 0 Å². The number of nitrogens with one attached hydrogen (secondary N) is 1. The zero-order valence-corrected chi connectivity index (χ0v) is 20.6. The van der Waals surface area contributed by atoms with E-state index < -0.39 is 15.4 Å². The van der Waals surface area contributed by atoms with E-state index in [1.165, 1.54) is 7.11 Å². The lowest BCUT2D eigenvalue weighted by molar-refractivity contribution is 0.0936. The molecule has 4 aromatic rings. The molecule has 0 bridgehead atoms. The lowest BCUT2D eigenvalue weighted by atomic mass is 9.64. The number of methoxy groups -OCH3 is 1. The molecule has 0 fully saturated rings. The van der Waals surface area contributed by atoms with Gasteiger partial charge in [0.1, 0.15) is 11.4 Å². The van der Waals surface area contributed by atoms with E-state index in [0.29, 0.717) is 47.8 Å². The first-order chi connectivity index (χ1) is 17.4. The van der Waals surface area contributed by atoms with Gasteiger partial charge in [-0.2, -0.15) is 17.6 Å². The molecule has 2 aliphatic rings. The van der Waals surface area contributed by atoms with Gasteiger partial charge in [-0.15, -0.1) is 0 Å². The maximum absolute atomic E-state index is 13.3. The average Bonchev–Trinajstić information content (AvgIpc) is 3.51. The molecule has 0 spiro atoms. The van der Waals surface area contributed by atoms with Crippen molar-refractivity contribution in [3.63, 3.8) is 0 Å². The molecule has 3 heterocycles. The number of carbonyl (C=O) groups is 1. The fraction of sp³-hybridized carbons (Fsp3) is 0.269. The Bertz CT molecular complexity index is 1590. The van der Waals surface area contributed by atoms with Crippen molar-refractivity contribution < 1.29 is 22.5 Å². The molecular formula is C26H24N4O5S. The number of aryl methyl sites for hydroxylation is 1. The Morgan fingerprint density at radius 2 is 1.94 bits per heavy atom. The molecule has 9 nitrogen and oxygen atoms in total. The molecule has 1 amide bonds. The highest BCUT2D eigenvalue weighted by molar-refractivity contribution is 7.90. The minimum absolute atomic E-state index is 0.0802. The average molecular weight is 505 g/mol. The summed E-state index contributed by atoms with van der Waals surface area (Å²) >= 11 is 0. The van der Waals surface area contributed by atoms with Gasteiger partial charge in [-0.3, -0.25) is 4.79 Å². The van der Waals surface area contributed by atoms with Crippen LogP contribution in [-0.4, -0.2) is 42.3 Å². The topological polar surface area (TPSA) is 116 Å². The molecule has 36 heavy (non-hydrogen) atoms. The summed E-state index contributed by atoms with van der Waals surface area (Å²) in [7, 11) is -2.35. The number of para-hydroxylation sites is 1. The number of fused-ring (bicyclic) bond motifs is 2. The van der Waals surface area contributed by atoms with Gasteiger partial charge in [0.15, 0.2) is 10.7 Å². The molecule has 0 saturated carbocycles. The number of hydrogen-bond acceptors (Lipinski definition) is 7. The number of carbonyl (C=O) groups excluding carboxylic acids is 1. The van der Waals surface area contributed by atoms with Gasteiger partial charge in [0.05, 0.1) is 30.5 Å². The van der Waals surface area contributed by atoms with Gasteiger partial charge < -0.3 is 14.6 Å². The number of rotatable bonds is 5. The summed E-state index contributed by atoms with van der Waals surface area (Å²) in [4.78, 5) is 13.3.